The van der Waals surface area contributed by atoms with E-state index < -0.39 is 0 Å². The molecule has 0 fully saturated rings. The second-order valence-corrected chi connectivity index (χ2v) is 4.33. The summed E-state index contributed by atoms with van der Waals surface area (Å²) in [5, 5.41) is 8.74. The number of halogens is 1. The minimum Gasteiger partial charge on any atom is -0.473 e. The number of hydrogen-bond donors (Lipinski definition) is 0. The molecule has 0 saturated carbocycles. The Morgan fingerprint density at radius 3 is 2.71 bits per heavy atom. The first-order chi connectivity index (χ1) is 8.28. The van der Waals surface area contributed by atoms with Gasteiger partial charge in [0.2, 0.25) is 5.88 Å². The number of nitriles is 1. The molecule has 3 nitrogen and oxygen atoms in total. The Kier molecular flexibility index (Phi) is 3.73. The standard InChI is InChI=1S/C13H9BrN2O/c14-12-3-1-10(2-4-12)9-17-13-7-11(8-15)5-6-16-13/h1-7H,9H2. The van der Waals surface area contributed by atoms with Crippen LogP contribution in [0.5, 0.6) is 5.88 Å². The molecule has 0 aliphatic heterocycles. The summed E-state index contributed by atoms with van der Waals surface area (Å²) in [6.45, 7) is 0.440. The Labute approximate surface area is 108 Å². The summed E-state index contributed by atoms with van der Waals surface area (Å²) in [4.78, 5) is 4.04. The first-order valence-electron chi connectivity index (χ1n) is 5.01. The Morgan fingerprint density at radius 1 is 1.24 bits per heavy atom. The number of hydrogen-bond acceptors (Lipinski definition) is 3. The van der Waals surface area contributed by atoms with E-state index in [-0.39, 0.29) is 0 Å². The van der Waals surface area contributed by atoms with E-state index in [0.717, 1.165) is 10.0 Å². The average molecular weight is 289 g/mol. The highest BCUT2D eigenvalue weighted by molar-refractivity contribution is 9.10. The van der Waals surface area contributed by atoms with E-state index >= 15 is 0 Å². The van der Waals surface area contributed by atoms with Crippen molar-refractivity contribution in [3.8, 4) is 11.9 Å². The van der Waals surface area contributed by atoms with Crippen molar-refractivity contribution in [2.75, 3.05) is 0 Å². The minimum atomic E-state index is 0.440. The topological polar surface area (TPSA) is 45.9 Å². The normalized spacial score (nSPS) is 9.65. The van der Waals surface area contributed by atoms with Crippen LogP contribution < -0.4 is 4.74 Å². The van der Waals surface area contributed by atoms with E-state index in [1.165, 1.54) is 0 Å². The van der Waals surface area contributed by atoms with Crippen LogP contribution in [-0.4, -0.2) is 4.98 Å². The van der Waals surface area contributed by atoms with Crippen molar-refractivity contribution in [3.05, 3.63) is 58.2 Å². The maximum Gasteiger partial charge on any atom is 0.214 e. The van der Waals surface area contributed by atoms with Crippen LogP contribution in [0.25, 0.3) is 0 Å². The van der Waals surface area contributed by atoms with Gasteiger partial charge >= 0.3 is 0 Å². The lowest BCUT2D eigenvalue weighted by Crippen LogP contribution is -1.97. The van der Waals surface area contributed by atoms with Crippen LogP contribution in [-0.2, 0) is 6.61 Å². The van der Waals surface area contributed by atoms with Crippen molar-refractivity contribution in [1.82, 2.24) is 4.98 Å². The molecule has 0 saturated heterocycles. The molecule has 2 aromatic rings. The molecule has 0 aliphatic carbocycles. The molecule has 0 amide bonds. The molecule has 84 valence electrons. The zero-order valence-corrected chi connectivity index (χ0v) is 10.5. The number of ether oxygens (including phenoxy) is 1. The van der Waals surface area contributed by atoms with Gasteiger partial charge in [0.15, 0.2) is 0 Å². The van der Waals surface area contributed by atoms with Gasteiger partial charge in [-0.2, -0.15) is 5.26 Å². The van der Waals surface area contributed by atoms with E-state index in [2.05, 4.69) is 20.9 Å². The molecule has 4 heteroatoms. The maximum atomic E-state index is 8.74. The quantitative estimate of drug-likeness (QED) is 0.871. The van der Waals surface area contributed by atoms with Crippen LogP contribution in [0.1, 0.15) is 11.1 Å². The zero-order chi connectivity index (χ0) is 12.1. The Morgan fingerprint density at radius 2 is 2.00 bits per heavy atom. The summed E-state index contributed by atoms with van der Waals surface area (Å²) >= 11 is 3.37. The van der Waals surface area contributed by atoms with E-state index in [0.29, 0.717) is 18.1 Å². The molecule has 0 spiro atoms. The van der Waals surface area contributed by atoms with Crippen LogP contribution >= 0.6 is 15.9 Å². The fraction of sp³-hybridized carbons (Fsp3) is 0.0769. The molecule has 0 atom stereocenters. The summed E-state index contributed by atoms with van der Waals surface area (Å²) in [7, 11) is 0. The van der Waals surface area contributed by atoms with Crippen molar-refractivity contribution >= 4 is 15.9 Å². The van der Waals surface area contributed by atoms with Gasteiger partial charge in [0.1, 0.15) is 6.61 Å². The molecule has 1 aromatic heterocycles. The number of pyridine rings is 1. The van der Waals surface area contributed by atoms with Crippen molar-refractivity contribution in [1.29, 1.82) is 5.26 Å². The van der Waals surface area contributed by atoms with E-state index in [9.17, 15) is 0 Å². The maximum absolute atomic E-state index is 8.74. The first-order valence-corrected chi connectivity index (χ1v) is 5.80. The van der Waals surface area contributed by atoms with Crippen molar-refractivity contribution in [3.63, 3.8) is 0 Å². The molecule has 0 unspecified atom stereocenters. The van der Waals surface area contributed by atoms with Crippen LogP contribution in [0, 0.1) is 11.3 Å². The van der Waals surface area contributed by atoms with E-state index in [1.807, 2.05) is 30.3 Å². The van der Waals surface area contributed by atoms with Crippen molar-refractivity contribution in [2.45, 2.75) is 6.61 Å². The number of nitrogens with zero attached hydrogens (tertiary/aromatic N) is 2. The largest absolute Gasteiger partial charge is 0.473 e. The van der Waals surface area contributed by atoms with Crippen molar-refractivity contribution in [2.24, 2.45) is 0 Å². The lowest BCUT2D eigenvalue weighted by atomic mass is 10.2. The second kappa shape index (κ2) is 5.46. The molecule has 1 heterocycles. The van der Waals surface area contributed by atoms with Gasteiger partial charge in [0.05, 0.1) is 11.6 Å². The fourth-order valence-corrected chi connectivity index (χ4v) is 1.56. The molecule has 0 bridgehead atoms. The summed E-state index contributed by atoms with van der Waals surface area (Å²) in [5.41, 5.74) is 1.60. The van der Waals surface area contributed by atoms with Gasteiger partial charge in [0.25, 0.3) is 0 Å². The third kappa shape index (κ3) is 3.30. The SMILES string of the molecule is N#Cc1ccnc(OCc2ccc(Br)cc2)c1. The Hall–Kier alpha value is -1.86. The summed E-state index contributed by atoms with van der Waals surface area (Å²) in [5.74, 6) is 0.465. The van der Waals surface area contributed by atoms with Gasteiger partial charge < -0.3 is 4.74 Å². The molecule has 17 heavy (non-hydrogen) atoms. The molecule has 2 rings (SSSR count). The monoisotopic (exact) mass is 288 g/mol. The summed E-state index contributed by atoms with van der Waals surface area (Å²) in [6, 6.07) is 13.2. The lowest BCUT2D eigenvalue weighted by Gasteiger charge is -2.05. The van der Waals surface area contributed by atoms with Gasteiger partial charge in [-0.15, -0.1) is 0 Å². The predicted octanol–water partition coefficient (Wildman–Crippen LogP) is 3.29. The lowest BCUT2D eigenvalue weighted by molar-refractivity contribution is 0.294. The first kappa shape index (κ1) is 11.6. The zero-order valence-electron chi connectivity index (χ0n) is 8.93. The number of benzene rings is 1. The molecule has 0 N–H and O–H groups in total. The van der Waals surface area contributed by atoms with Crippen LogP contribution in [0.3, 0.4) is 0 Å². The van der Waals surface area contributed by atoms with Gasteiger partial charge in [0, 0.05) is 16.7 Å². The molecule has 1 aromatic carbocycles. The molecular weight excluding hydrogens is 280 g/mol. The smallest absolute Gasteiger partial charge is 0.214 e. The Bertz CT molecular complexity index is 546. The highest BCUT2D eigenvalue weighted by Gasteiger charge is 1.99. The predicted molar refractivity (Wildman–Crippen MR) is 67.4 cm³/mol. The number of rotatable bonds is 3. The van der Waals surface area contributed by atoms with Crippen LogP contribution in [0.2, 0.25) is 0 Å². The number of aromatic nitrogens is 1. The van der Waals surface area contributed by atoms with Gasteiger partial charge in [-0.05, 0) is 23.8 Å². The third-order valence-corrected chi connectivity index (χ3v) is 2.69. The molecule has 0 radical (unpaired) electrons. The highest BCUT2D eigenvalue weighted by atomic mass is 79.9. The summed E-state index contributed by atoms with van der Waals surface area (Å²) < 4.78 is 6.53. The minimum absolute atomic E-state index is 0.440. The molecule has 0 aliphatic rings. The average Bonchev–Trinajstić information content (AvgIpc) is 2.38. The van der Waals surface area contributed by atoms with E-state index in [1.54, 1.807) is 18.3 Å². The van der Waals surface area contributed by atoms with Crippen LogP contribution in [0.4, 0.5) is 0 Å². The Balaban J connectivity index is 2.02. The van der Waals surface area contributed by atoms with Gasteiger partial charge in [-0.3, -0.25) is 0 Å². The fourth-order valence-electron chi connectivity index (χ4n) is 1.30. The van der Waals surface area contributed by atoms with E-state index in [4.69, 9.17) is 10.00 Å². The van der Waals surface area contributed by atoms with Gasteiger partial charge in [-0.1, -0.05) is 28.1 Å². The highest BCUT2D eigenvalue weighted by Crippen LogP contribution is 2.13. The molecular formula is C13H9BrN2O. The van der Waals surface area contributed by atoms with Crippen LogP contribution in [0.15, 0.2) is 47.1 Å². The van der Waals surface area contributed by atoms with Crippen molar-refractivity contribution < 1.29 is 4.74 Å². The summed E-state index contributed by atoms with van der Waals surface area (Å²) in [6.07, 6.45) is 1.56. The van der Waals surface area contributed by atoms with Gasteiger partial charge in [-0.25, -0.2) is 4.98 Å². The second-order valence-electron chi connectivity index (χ2n) is 3.41. The third-order valence-electron chi connectivity index (χ3n) is 2.16.